The average Bonchev–Trinajstić information content (AvgIpc) is 3.30. The number of aromatic nitrogens is 1. The van der Waals surface area contributed by atoms with Crippen LogP contribution in [0.4, 0.5) is 0 Å². The number of rotatable bonds is 1. The van der Waals surface area contributed by atoms with Crippen molar-refractivity contribution in [3.8, 4) is 5.69 Å². The molecule has 0 saturated heterocycles. The molecule has 0 aliphatic rings. The third kappa shape index (κ3) is 2.64. The smallest absolute Gasteiger partial charge is 0.135 e. The van der Waals surface area contributed by atoms with Crippen LogP contribution in [-0.2, 0) is 0 Å². The Kier molecular flexibility index (Phi) is 4.13. The van der Waals surface area contributed by atoms with Gasteiger partial charge in [0, 0.05) is 27.2 Å². The van der Waals surface area contributed by atoms with Crippen LogP contribution < -0.4 is 0 Å². The fourth-order valence-electron chi connectivity index (χ4n) is 4.22. The van der Waals surface area contributed by atoms with Gasteiger partial charge in [0.2, 0.25) is 0 Å². The molecule has 0 amide bonds. The maximum atomic E-state index is 6.01. The maximum Gasteiger partial charge on any atom is 0.135 e. The highest BCUT2D eigenvalue weighted by atomic mass is 16.3. The van der Waals surface area contributed by atoms with Gasteiger partial charge in [0.25, 0.3) is 0 Å². The Morgan fingerprint density at radius 3 is 2.14 bits per heavy atom. The predicted molar refractivity (Wildman–Crippen MR) is 124 cm³/mol. The molecule has 0 atom stereocenters. The molecule has 2 aromatic heterocycles. The van der Waals surface area contributed by atoms with Gasteiger partial charge in [-0.15, -0.1) is 0 Å². The van der Waals surface area contributed by atoms with Crippen molar-refractivity contribution in [3.05, 3.63) is 90.5 Å². The van der Waals surface area contributed by atoms with Crippen molar-refractivity contribution in [3.63, 3.8) is 0 Å². The van der Waals surface area contributed by atoms with E-state index in [0.29, 0.717) is 0 Å². The summed E-state index contributed by atoms with van der Waals surface area (Å²) >= 11 is 0. The molecule has 0 aliphatic carbocycles. The van der Waals surface area contributed by atoms with E-state index in [-0.39, 0.29) is 0 Å². The SMILES string of the molecule is CC.Cc1ccc2c(c1)c1ccccc1n2-c1ccc2oc3ccccc3c2c1. The molecule has 6 rings (SSSR count). The van der Waals surface area contributed by atoms with Gasteiger partial charge in [-0.3, -0.25) is 0 Å². The Morgan fingerprint density at radius 2 is 1.28 bits per heavy atom. The zero-order valence-electron chi connectivity index (χ0n) is 16.9. The topological polar surface area (TPSA) is 18.1 Å². The Hall–Kier alpha value is -3.52. The molecule has 0 fully saturated rings. The quantitative estimate of drug-likeness (QED) is 0.284. The van der Waals surface area contributed by atoms with Crippen LogP contribution in [0.5, 0.6) is 0 Å². The van der Waals surface area contributed by atoms with Gasteiger partial charge in [0.15, 0.2) is 0 Å². The Balaban J connectivity index is 0.000000882. The fourth-order valence-corrected chi connectivity index (χ4v) is 4.22. The Bertz CT molecular complexity index is 1480. The minimum absolute atomic E-state index is 0.927. The van der Waals surface area contributed by atoms with Crippen molar-refractivity contribution in [1.29, 1.82) is 0 Å². The second-order valence-electron chi connectivity index (χ2n) is 7.15. The number of hydrogen-bond acceptors (Lipinski definition) is 1. The second-order valence-corrected chi connectivity index (χ2v) is 7.15. The van der Waals surface area contributed by atoms with E-state index in [4.69, 9.17) is 4.42 Å². The van der Waals surface area contributed by atoms with Gasteiger partial charge < -0.3 is 8.98 Å². The molecule has 2 heteroatoms. The number of nitrogens with zero attached hydrogens (tertiary/aromatic N) is 1. The standard InChI is InChI=1S/C25H17NO.C2H6/c1-16-10-12-23-20(14-16)18-6-2-4-8-22(18)26(23)17-11-13-25-21(15-17)19-7-3-5-9-24(19)27-25;1-2/h2-15H,1H3;1-2H3. The molecule has 4 aromatic carbocycles. The van der Waals surface area contributed by atoms with Gasteiger partial charge >= 0.3 is 0 Å². The van der Waals surface area contributed by atoms with Crippen LogP contribution in [0.15, 0.2) is 89.3 Å². The van der Waals surface area contributed by atoms with Gasteiger partial charge in [0.1, 0.15) is 11.2 Å². The second kappa shape index (κ2) is 6.82. The van der Waals surface area contributed by atoms with Crippen molar-refractivity contribution < 1.29 is 4.42 Å². The van der Waals surface area contributed by atoms with E-state index >= 15 is 0 Å². The molecule has 0 bridgehead atoms. The van der Waals surface area contributed by atoms with Crippen molar-refractivity contribution in [2.24, 2.45) is 0 Å². The molecule has 0 saturated carbocycles. The van der Waals surface area contributed by atoms with E-state index in [1.54, 1.807) is 0 Å². The van der Waals surface area contributed by atoms with E-state index in [1.807, 2.05) is 26.0 Å². The number of aryl methyl sites for hydroxylation is 1. The number of benzene rings is 4. The van der Waals surface area contributed by atoms with E-state index in [1.165, 1.54) is 27.4 Å². The zero-order chi connectivity index (χ0) is 20.0. The van der Waals surface area contributed by atoms with E-state index in [9.17, 15) is 0 Å². The molecule has 2 heterocycles. The monoisotopic (exact) mass is 377 g/mol. The molecular formula is C27H23NO. The van der Waals surface area contributed by atoms with E-state index in [0.717, 1.165) is 27.6 Å². The summed E-state index contributed by atoms with van der Waals surface area (Å²) in [6.07, 6.45) is 0. The summed E-state index contributed by atoms with van der Waals surface area (Å²) in [7, 11) is 0. The first-order valence-corrected chi connectivity index (χ1v) is 10.2. The van der Waals surface area contributed by atoms with Gasteiger partial charge in [-0.25, -0.2) is 0 Å². The first-order valence-electron chi connectivity index (χ1n) is 10.2. The summed E-state index contributed by atoms with van der Waals surface area (Å²) in [4.78, 5) is 0. The third-order valence-electron chi connectivity index (χ3n) is 5.45. The summed E-state index contributed by atoms with van der Waals surface area (Å²) in [5.74, 6) is 0. The van der Waals surface area contributed by atoms with Crippen LogP contribution in [0.2, 0.25) is 0 Å². The highest BCUT2D eigenvalue weighted by molar-refractivity contribution is 6.10. The summed E-state index contributed by atoms with van der Waals surface area (Å²) in [6, 6.07) is 30.0. The number of furan rings is 1. The number of fused-ring (bicyclic) bond motifs is 6. The average molecular weight is 377 g/mol. The van der Waals surface area contributed by atoms with Crippen molar-refractivity contribution in [2.45, 2.75) is 20.8 Å². The first kappa shape index (κ1) is 17.6. The summed E-state index contributed by atoms with van der Waals surface area (Å²) in [6.45, 7) is 6.15. The van der Waals surface area contributed by atoms with Crippen LogP contribution in [0.25, 0.3) is 49.4 Å². The summed E-state index contributed by atoms with van der Waals surface area (Å²) < 4.78 is 8.36. The highest BCUT2D eigenvalue weighted by Gasteiger charge is 2.14. The van der Waals surface area contributed by atoms with Crippen LogP contribution in [0, 0.1) is 6.92 Å². The minimum Gasteiger partial charge on any atom is -0.456 e. The van der Waals surface area contributed by atoms with Crippen molar-refractivity contribution in [2.75, 3.05) is 0 Å². The van der Waals surface area contributed by atoms with Crippen LogP contribution >= 0.6 is 0 Å². The lowest BCUT2D eigenvalue weighted by Crippen LogP contribution is -1.93. The Morgan fingerprint density at radius 1 is 0.586 bits per heavy atom. The number of hydrogen-bond donors (Lipinski definition) is 0. The molecule has 0 spiro atoms. The molecule has 0 radical (unpaired) electrons. The largest absolute Gasteiger partial charge is 0.456 e. The third-order valence-corrected chi connectivity index (χ3v) is 5.45. The molecule has 0 unspecified atom stereocenters. The molecule has 0 N–H and O–H groups in total. The lowest BCUT2D eigenvalue weighted by atomic mass is 10.1. The highest BCUT2D eigenvalue weighted by Crippen LogP contribution is 2.35. The number of para-hydroxylation sites is 2. The van der Waals surface area contributed by atoms with Gasteiger partial charge in [-0.1, -0.05) is 61.9 Å². The van der Waals surface area contributed by atoms with Crippen LogP contribution in [0.1, 0.15) is 19.4 Å². The van der Waals surface area contributed by atoms with Gasteiger partial charge in [-0.2, -0.15) is 0 Å². The Labute approximate surface area is 170 Å². The van der Waals surface area contributed by atoms with Gasteiger partial charge in [-0.05, 0) is 49.4 Å². The molecule has 0 aliphatic heterocycles. The summed E-state index contributed by atoms with van der Waals surface area (Å²) in [5, 5.41) is 4.89. The first-order chi connectivity index (χ1) is 14.3. The maximum absolute atomic E-state index is 6.01. The summed E-state index contributed by atoms with van der Waals surface area (Å²) in [5.41, 5.74) is 6.75. The molecule has 142 valence electrons. The minimum atomic E-state index is 0.927. The molecular weight excluding hydrogens is 354 g/mol. The molecule has 6 aromatic rings. The van der Waals surface area contributed by atoms with Crippen LogP contribution in [-0.4, -0.2) is 4.57 Å². The van der Waals surface area contributed by atoms with E-state index < -0.39 is 0 Å². The predicted octanol–water partition coefficient (Wildman–Crippen LogP) is 8.02. The lowest BCUT2D eigenvalue weighted by molar-refractivity contribution is 0.669. The van der Waals surface area contributed by atoms with Crippen molar-refractivity contribution >= 4 is 43.7 Å². The fraction of sp³-hybridized carbons (Fsp3) is 0.111. The zero-order valence-corrected chi connectivity index (χ0v) is 16.9. The molecule has 29 heavy (non-hydrogen) atoms. The van der Waals surface area contributed by atoms with Crippen molar-refractivity contribution in [1.82, 2.24) is 4.57 Å². The lowest BCUT2D eigenvalue weighted by Gasteiger charge is -2.08. The molecule has 2 nitrogen and oxygen atoms in total. The van der Waals surface area contributed by atoms with Gasteiger partial charge in [0.05, 0.1) is 11.0 Å². The van der Waals surface area contributed by atoms with E-state index in [2.05, 4.69) is 84.3 Å². The van der Waals surface area contributed by atoms with Crippen LogP contribution in [0.3, 0.4) is 0 Å². The normalized spacial score (nSPS) is 11.3.